The summed E-state index contributed by atoms with van der Waals surface area (Å²) in [7, 11) is 0. The van der Waals surface area contributed by atoms with Crippen molar-refractivity contribution in [3.8, 4) is 0 Å². The van der Waals surface area contributed by atoms with Crippen molar-refractivity contribution in [2.24, 2.45) is 5.41 Å². The maximum Gasteiger partial charge on any atom is 0.309 e. The lowest BCUT2D eigenvalue weighted by Crippen LogP contribution is -2.52. The highest BCUT2D eigenvalue weighted by atomic mass is 16.5. The molecule has 0 aliphatic carbocycles. The third-order valence-electron chi connectivity index (χ3n) is 3.27. The van der Waals surface area contributed by atoms with Gasteiger partial charge in [-0.05, 0) is 47.6 Å². The van der Waals surface area contributed by atoms with Gasteiger partial charge in [-0.1, -0.05) is 0 Å². The molecule has 0 bridgehead atoms. The molecule has 1 unspecified atom stereocenters. The van der Waals surface area contributed by atoms with E-state index in [1.165, 1.54) is 0 Å². The summed E-state index contributed by atoms with van der Waals surface area (Å²) in [5.74, 6) is -0.724. The largest absolute Gasteiger partial charge is 0.481 e. The fourth-order valence-electron chi connectivity index (χ4n) is 2.30. The smallest absolute Gasteiger partial charge is 0.309 e. The van der Waals surface area contributed by atoms with Gasteiger partial charge in [-0.3, -0.25) is 9.69 Å². The number of aliphatic carboxylic acids is 1. The number of carbonyl (C=O) groups is 1. The molecule has 100 valence electrons. The molecule has 0 saturated carbocycles. The fraction of sp³-hybridized carbons (Fsp3) is 0.923. The summed E-state index contributed by atoms with van der Waals surface area (Å²) < 4.78 is 5.83. The molecule has 0 amide bonds. The molecule has 0 radical (unpaired) electrons. The van der Waals surface area contributed by atoms with Gasteiger partial charge in [-0.15, -0.1) is 0 Å². The number of nitrogens with zero attached hydrogens (tertiary/aromatic N) is 1. The highest BCUT2D eigenvalue weighted by molar-refractivity contribution is 5.73. The molecule has 0 spiro atoms. The van der Waals surface area contributed by atoms with Crippen molar-refractivity contribution in [2.75, 3.05) is 19.6 Å². The Labute approximate surface area is 104 Å². The molecule has 1 atom stereocenters. The van der Waals surface area contributed by atoms with Gasteiger partial charge in [0.25, 0.3) is 0 Å². The second-order valence-electron chi connectivity index (χ2n) is 6.36. The van der Waals surface area contributed by atoms with E-state index in [4.69, 9.17) is 9.84 Å². The van der Waals surface area contributed by atoms with Crippen LogP contribution in [0.3, 0.4) is 0 Å². The summed E-state index contributed by atoms with van der Waals surface area (Å²) >= 11 is 0. The first-order valence-electron chi connectivity index (χ1n) is 6.26. The van der Waals surface area contributed by atoms with E-state index in [-0.39, 0.29) is 11.7 Å². The van der Waals surface area contributed by atoms with Crippen molar-refractivity contribution >= 4 is 5.97 Å². The van der Waals surface area contributed by atoms with Gasteiger partial charge < -0.3 is 9.84 Å². The lowest BCUT2D eigenvalue weighted by Gasteiger charge is -2.42. The standard InChI is InChI=1S/C13H25NO3/c1-10-8-14(9-13(4,5)17-10)7-6-12(2,3)11(15)16/h10H,6-9H2,1-5H3,(H,15,16). The zero-order valence-electron chi connectivity index (χ0n) is 11.6. The number of rotatable bonds is 4. The molecule has 1 fully saturated rings. The average molecular weight is 243 g/mol. The Balaban J connectivity index is 2.50. The maximum atomic E-state index is 11.0. The summed E-state index contributed by atoms with van der Waals surface area (Å²) in [6.07, 6.45) is 0.886. The van der Waals surface area contributed by atoms with Crippen LogP contribution in [-0.2, 0) is 9.53 Å². The highest BCUT2D eigenvalue weighted by Gasteiger charge is 2.33. The van der Waals surface area contributed by atoms with E-state index >= 15 is 0 Å². The lowest BCUT2D eigenvalue weighted by molar-refractivity contribution is -0.149. The third-order valence-corrected chi connectivity index (χ3v) is 3.27. The van der Waals surface area contributed by atoms with Gasteiger partial charge in [0.1, 0.15) is 0 Å². The first-order valence-corrected chi connectivity index (χ1v) is 6.26. The van der Waals surface area contributed by atoms with Crippen LogP contribution in [0.4, 0.5) is 0 Å². The Morgan fingerprint density at radius 1 is 1.53 bits per heavy atom. The van der Waals surface area contributed by atoms with Gasteiger partial charge in [0.15, 0.2) is 0 Å². The van der Waals surface area contributed by atoms with Crippen LogP contribution in [-0.4, -0.2) is 47.3 Å². The first-order chi connectivity index (χ1) is 7.62. The Bertz CT molecular complexity index is 286. The maximum absolute atomic E-state index is 11.0. The van der Waals surface area contributed by atoms with Crippen molar-refractivity contribution in [1.29, 1.82) is 0 Å². The number of carboxylic acid groups (broad SMARTS) is 1. The molecule has 0 aromatic rings. The summed E-state index contributed by atoms with van der Waals surface area (Å²) in [6, 6.07) is 0. The molecule has 0 aromatic heterocycles. The average Bonchev–Trinajstić information content (AvgIpc) is 2.11. The third kappa shape index (κ3) is 4.28. The minimum Gasteiger partial charge on any atom is -0.481 e. The predicted octanol–water partition coefficient (Wildman–Crippen LogP) is 1.99. The van der Waals surface area contributed by atoms with Gasteiger partial charge in [0.2, 0.25) is 0 Å². The molecule has 1 saturated heterocycles. The van der Waals surface area contributed by atoms with E-state index in [9.17, 15) is 4.79 Å². The number of hydrogen-bond donors (Lipinski definition) is 1. The Kier molecular flexibility index (Phi) is 4.20. The Hall–Kier alpha value is -0.610. The van der Waals surface area contributed by atoms with Crippen molar-refractivity contribution in [1.82, 2.24) is 4.90 Å². The molecule has 17 heavy (non-hydrogen) atoms. The molecular formula is C13H25NO3. The molecule has 1 rings (SSSR count). The molecule has 4 heteroatoms. The van der Waals surface area contributed by atoms with Crippen molar-refractivity contribution in [3.63, 3.8) is 0 Å². The molecule has 1 aliphatic rings. The zero-order chi connectivity index (χ0) is 13.3. The molecule has 0 aromatic carbocycles. The molecule has 1 N–H and O–H groups in total. The minimum absolute atomic E-state index is 0.134. The summed E-state index contributed by atoms with van der Waals surface area (Å²) in [5, 5.41) is 9.08. The number of carboxylic acids is 1. The van der Waals surface area contributed by atoms with Gasteiger partial charge in [0, 0.05) is 13.1 Å². The Morgan fingerprint density at radius 2 is 2.12 bits per heavy atom. The van der Waals surface area contributed by atoms with Crippen LogP contribution < -0.4 is 0 Å². The van der Waals surface area contributed by atoms with E-state index in [1.54, 1.807) is 13.8 Å². The second kappa shape index (κ2) is 4.94. The van der Waals surface area contributed by atoms with E-state index in [0.717, 1.165) is 19.6 Å². The molecular weight excluding hydrogens is 218 g/mol. The van der Waals surface area contributed by atoms with Crippen LogP contribution in [0.15, 0.2) is 0 Å². The van der Waals surface area contributed by atoms with E-state index in [2.05, 4.69) is 25.7 Å². The summed E-state index contributed by atoms with van der Waals surface area (Å²) in [5.41, 5.74) is -0.781. The van der Waals surface area contributed by atoms with Gasteiger partial charge in [0.05, 0.1) is 17.1 Å². The summed E-state index contributed by atoms with van der Waals surface area (Å²) in [6.45, 7) is 12.4. The normalized spacial score (nSPS) is 25.8. The molecule has 1 heterocycles. The summed E-state index contributed by atoms with van der Waals surface area (Å²) in [4.78, 5) is 13.3. The first kappa shape index (κ1) is 14.5. The van der Waals surface area contributed by atoms with Crippen LogP contribution >= 0.6 is 0 Å². The van der Waals surface area contributed by atoms with E-state index in [1.807, 2.05) is 0 Å². The van der Waals surface area contributed by atoms with Gasteiger partial charge in [-0.25, -0.2) is 0 Å². The van der Waals surface area contributed by atoms with Crippen LogP contribution in [0.1, 0.15) is 41.0 Å². The van der Waals surface area contributed by atoms with Crippen molar-refractivity contribution in [2.45, 2.75) is 52.7 Å². The topological polar surface area (TPSA) is 49.8 Å². The Morgan fingerprint density at radius 3 is 2.59 bits per heavy atom. The van der Waals surface area contributed by atoms with E-state index < -0.39 is 11.4 Å². The quantitative estimate of drug-likeness (QED) is 0.820. The van der Waals surface area contributed by atoms with Crippen LogP contribution in [0, 0.1) is 5.41 Å². The zero-order valence-corrected chi connectivity index (χ0v) is 11.6. The lowest BCUT2D eigenvalue weighted by atomic mass is 9.89. The van der Waals surface area contributed by atoms with Crippen LogP contribution in [0.5, 0.6) is 0 Å². The number of hydrogen-bond acceptors (Lipinski definition) is 3. The SMILES string of the molecule is CC1CN(CCC(C)(C)C(=O)O)CC(C)(C)O1. The van der Waals surface area contributed by atoms with Crippen LogP contribution in [0.25, 0.3) is 0 Å². The number of morpholine rings is 1. The second-order valence-corrected chi connectivity index (χ2v) is 6.36. The van der Waals surface area contributed by atoms with Crippen molar-refractivity contribution in [3.05, 3.63) is 0 Å². The fourth-order valence-corrected chi connectivity index (χ4v) is 2.30. The van der Waals surface area contributed by atoms with Crippen LogP contribution in [0.2, 0.25) is 0 Å². The molecule has 1 aliphatic heterocycles. The number of ether oxygens (including phenoxy) is 1. The van der Waals surface area contributed by atoms with Gasteiger partial charge in [-0.2, -0.15) is 0 Å². The minimum atomic E-state index is -0.724. The monoisotopic (exact) mass is 243 g/mol. The highest BCUT2D eigenvalue weighted by Crippen LogP contribution is 2.25. The van der Waals surface area contributed by atoms with Crippen molar-refractivity contribution < 1.29 is 14.6 Å². The van der Waals surface area contributed by atoms with Gasteiger partial charge >= 0.3 is 5.97 Å². The predicted molar refractivity (Wildman–Crippen MR) is 67.1 cm³/mol. The molecule has 4 nitrogen and oxygen atoms in total. The van der Waals surface area contributed by atoms with E-state index in [0.29, 0.717) is 6.42 Å².